The van der Waals surface area contributed by atoms with Crippen LogP contribution in [0, 0.1) is 0 Å². The summed E-state index contributed by atoms with van der Waals surface area (Å²) in [6.45, 7) is 8.58. The number of rotatable bonds is 5. The summed E-state index contributed by atoms with van der Waals surface area (Å²) < 4.78 is 1.70. The quantitative estimate of drug-likeness (QED) is 0.856. The van der Waals surface area contributed by atoms with Crippen molar-refractivity contribution in [1.29, 1.82) is 0 Å². The number of benzene rings is 1. The third-order valence-corrected chi connectivity index (χ3v) is 4.24. The van der Waals surface area contributed by atoms with Crippen LogP contribution in [0.5, 0.6) is 0 Å². The molecule has 1 aromatic carbocycles. The van der Waals surface area contributed by atoms with Crippen molar-refractivity contribution >= 4 is 18.3 Å². The van der Waals surface area contributed by atoms with Gasteiger partial charge in [0.25, 0.3) is 0 Å². The first-order valence-corrected chi connectivity index (χ1v) is 8.29. The molecule has 2 N–H and O–H groups in total. The lowest BCUT2D eigenvalue weighted by Gasteiger charge is -2.22. The van der Waals surface area contributed by atoms with Crippen molar-refractivity contribution in [3.8, 4) is 0 Å². The monoisotopic (exact) mass is 364 g/mol. The third kappa shape index (κ3) is 5.31. The van der Waals surface area contributed by atoms with Crippen LogP contribution in [0.2, 0.25) is 0 Å². The first-order valence-electron chi connectivity index (χ1n) is 8.29. The minimum atomic E-state index is -0.407. The van der Waals surface area contributed by atoms with Gasteiger partial charge in [-0.2, -0.15) is 5.10 Å². The molecule has 0 spiro atoms. The molecule has 1 heterocycles. The fourth-order valence-corrected chi connectivity index (χ4v) is 2.69. The summed E-state index contributed by atoms with van der Waals surface area (Å²) in [6.07, 6.45) is 3.56. The van der Waals surface area contributed by atoms with E-state index in [1.807, 2.05) is 20.2 Å². The Morgan fingerprint density at radius 3 is 2.20 bits per heavy atom. The van der Waals surface area contributed by atoms with Gasteiger partial charge in [-0.25, -0.2) is 0 Å². The zero-order valence-corrected chi connectivity index (χ0v) is 16.6. The highest BCUT2D eigenvalue weighted by atomic mass is 35.5. The minimum Gasteiger partial charge on any atom is -0.348 e. The first kappa shape index (κ1) is 21.2. The van der Waals surface area contributed by atoms with Gasteiger partial charge in [0.2, 0.25) is 5.91 Å². The average Bonchev–Trinajstić information content (AvgIpc) is 2.93. The van der Waals surface area contributed by atoms with E-state index in [4.69, 9.17) is 0 Å². The maximum Gasteiger partial charge on any atom is 0.242 e. The molecule has 0 saturated heterocycles. The highest BCUT2D eigenvalue weighted by Gasteiger charge is 2.22. The van der Waals surface area contributed by atoms with Crippen LogP contribution in [0.25, 0.3) is 0 Å². The summed E-state index contributed by atoms with van der Waals surface area (Å²) in [5, 5.41) is 10.3. The summed E-state index contributed by atoms with van der Waals surface area (Å²) >= 11 is 0. The molecule has 0 fully saturated rings. The van der Waals surface area contributed by atoms with E-state index in [2.05, 4.69) is 60.8 Å². The summed E-state index contributed by atoms with van der Waals surface area (Å²) in [5.41, 5.74) is 3.36. The van der Waals surface area contributed by atoms with Crippen LogP contribution in [0.3, 0.4) is 0 Å². The molecule has 0 aliphatic heterocycles. The number of halogens is 1. The van der Waals surface area contributed by atoms with Crippen LogP contribution in [0.1, 0.15) is 56.5 Å². The van der Waals surface area contributed by atoms with Crippen molar-refractivity contribution in [1.82, 2.24) is 20.4 Å². The van der Waals surface area contributed by atoms with Crippen LogP contribution in [-0.2, 0) is 17.3 Å². The molecule has 0 aliphatic rings. The number of hydrogen-bond acceptors (Lipinski definition) is 3. The second-order valence-corrected chi connectivity index (χ2v) is 7.27. The van der Waals surface area contributed by atoms with Gasteiger partial charge in [0.15, 0.2) is 0 Å². The fraction of sp³-hybridized carbons (Fsp3) is 0.474. The topological polar surface area (TPSA) is 59.0 Å². The Hall–Kier alpha value is -1.85. The van der Waals surface area contributed by atoms with Crippen molar-refractivity contribution in [3.63, 3.8) is 0 Å². The predicted molar refractivity (Wildman–Crippen MR) is 104 cm³/mol. The molecule has 2 atom stereocenters. The van der Waals surface area contributed by atoms with E-state index < -0.39 is 6.04 Å². The van der Waals surface area contributed by atoms with Gasteiger partial charge in [0, 0.05) is 18.8 Å². The molecule has 0 saturated carbocycles. The molecule has 6 heteroatoms. The average molecular weight is 365 g/mol. The molecule has 138 valence electrons. The van der Waals surface area contributed by atoms with E-state index in [0.29, 0.717) is 0 Å². The van der Waals surface area contributed by atoms with E-state index in [-0.39, 0.29) is 29.8 Å². The number of hydrogen-bond donors (Lipinski definition) is 2. The molecule has 2 aromatic rings. The van der Waals surface area contributed by atoms with Crippen LogP contribution in [0.15, 0.2) is 36.7 Å². The van der Waals surface area contributed by atoms with Crippen molar-refractivity contribution in [3.05, 3.63) is 53.3 Å². The van der Waals surface area contributed by atoms with Crippen LogP contribution >= 0.6 is 12.4 Å². The zero-order valence-electron chi connectivity index (χ0n) is 15.8. The van der Waals surface area contributed by atoms with Gasteiger partial charge in [-0.3, -0.25) is 9.48 Å². The van der Waals surface area contributed by atoms with Gasteiger partial charge in [-0.05, 0) is 30.5 Å². The number of nitrogens with one attached hydrogen (secondary N) is 2. The largest absolute Gasteiger partial charge is 0.348 e. The van der Waals surface area contributed by atoms with E-state index in [0.717, 1.165) is 11.1 Å². The molecule has 5 nitrogen and oxygen atoms in total. The Labute approximate surface area is 156 Å². The van der Waals surface area contributed by atoms with E-state index in [1.54, 1.807) is 17.9 Å². The van der Waals surface area contributed by atoms with Gasteiger partial charge in [0.05, 0.1) is 12.2 Å². The number of aromatic nitrogens is 2. The summed E-state index contributed by atoms with van der Waals surface area (Å²) in [7, 11) is 3.62. The van der Waals surface area contributed by atoms with E-state index in [9.17, 15) is 4.79 Å². The molecular formula is C19H29ClN4O. The lowest BCUT2D eigenvalue weighted by molar-refractivity contribution is -0.123. The fourth-order valence-electron chi connectivity index (χ4n) is 2.69. The molecule has 1 aromatic heterocycles. The highest BCUT2D eigenvalue weighted by molar-refractivity contribution is 5.85. The number of carbonyl (C=O) groups is 1. The van der Waals surface area contributed by atoms with Gasteiger partial charge in [0.1, 0.15) is 6.04 Å². The minimum absolute atomic E-state index is 0. The van der Waals surface area contributed by atoms with Crippen molar-refractivity contribution in [2.45, 2.75) is 45.2 Å². The number of amides is 1. The Morgan fingerprint density at radius 2 is 1.76 bits per heavy atom. The highest BCUT2D eigenvalue weighted by Crippen LogP contribution is 2.24. The lowest BCUT2D eigenvalue weighted by atomic mass is 9.86. The molecule has 0 bridgehead atoms. The number of aryl methyl sites for hydroxylation is 1. The second kappa shape index (κ2) is 8.50. The Balaban J connectivity index is 0.00000312. The summed E-state index contributed by atoms with van der Waals surface area (Å²) in [5.74, 6) is -0.0575. The third-order valence-electron chi connectivity index (χ3n) is 4.24. The maximum atomic E-state index is 12.6. The van der Waals surface area contributed by atoms with Crippen LogP contribution in [0.4, 0.5) is 0 Å². The summed E-state index contributed by atoms with van der Waals surface area (Å²) in [4.78, 5) is 12.6. The summed E-state index contributed by atoms with van der Waals surface area (Å²) in [6, 6.07) is 7.98. The Kier molecular flexibility index (Phi) is 7.20. The van der Waals surface area contributed by atoms with Gasteiger partial charge < -0.3 is 10.6 Å². The standard InChI is InChI=1S/C19H28N4O.ClH/c1-13(14-7-9-16(10-8-14)19(2,3)4)22-18(24)17(20-5)15-11-21-23(6)12-15;/h7-13,17,20H,1-6H3,(H,22,24);1H. The maximum absolute atomic E-state index is 12.6. The first-order chi connectivity index (χ1) is 11.2. The van der Waals surface area contributed by atoms with Crippen LogP contribution < -0.4 is 10.6 Å². The smallest absolute Gasteiger partial charge is 0.242 e. The Morgan fingerprint density at radius 1 is 1.16 bits per heavy atom. The molecule has 2 unspecified atom stereocenters. The molecule has 1 amide bonds. The van der Waals surface area contributed by atoms with Crippen LogP contribution in [-0.4, -0.2) is 22.7 Å². The normalized spacial score (nSPS) is 13.7. The molecule has 0 aliphatic carbocycles. The van der Waals surface area contributed by atoms with Gasteiger partial charge >= 0.3 is 0 Å². The van der Waals surface area contributed by atoms with Crippen molar-refractivity contribution < 1.29 is 4.79 Å². The molecule has 25 heavy (non-hydrogen) atoms. The Bertz CT molecular complexity index is 688. The zero-order chi connectivity index (χ0) is 17.9. The number of carbonyl (C=O) groups excluding carboxylic acids is 1. The molecule has 2 rings (SSSR count). The predicted octanol–water partition coefficient (Wildman–Crippen LogP) is 3.28. The molecule has 0 radical (unpaired) electrons. The lowest BCUT2D eigenvalue weighted by Crippen LogP contribution is -2.37. The van der Waals surface area contributed by atoms with E-state index >= 15 is 0 Å². The second-order valence-electron chi connectivity index (χ2n) is 7.27. The van der Waals surface area contributed by atoms with Crippen molar-refractivity contribution in [2.75, 3.05) is 7.05 Å². The van der Waals surface area contributed by atoms with Gasteiger partial charge in [-0.1, -0.05) is 45.0 Å². The van der Waals surface area contributed by atoms with E-state index in [1.165, 1.54) is 5.56 Å². The number of nitrogens with zero attached hydrogens (tertiary/aromatic N) is 2. The van der Waals surface area contributed by atoms with Gasteiger partial charge in [-0.15, -0.1) is 12.4 Å². The molecular weight excluding hydrogens is 336 g/mol. The SMILES string of the molecule is CNC(C(=O)NC(C)c1ccc(C(C)(C)C)cc1)c1cnn(C)c1.Cl. The van der Waals surface area contributed by atoms with Crippen molar-refractivity contribution in [2.24, 2.45) is 7.05 Å². The number of likely N-dealkylation sites (N-methyl/N-ethyl adjacent to an activating group) is 1.